The van der Waals surface area contributed by atoms with E-state index in [0.29, 0.717) is 12.0 Å². The van der Waals surface area contributed by atoms with Gasteiger partial charge in [0.2, 0.25) is 0 Å². The molecule has 0 heterocycles. The minimum Gasteiger partial charge on any atom is -0.396 e. The number of aliphatic hydroxyl groups excluding tert-OH is 1. The van der Waals surface area contributed by atoms with E-state index in [9.17, 15) is 5.11 Å². The van der Waals surface area contributed by atoms with Crippen molar-refractivity contribution in [3.8, 4) is 0 Å². The van der Waals surface area contributed by atoms with Crippen LogP contribution in [0.5, 0.6) is 0 Å². The molecule has 0 aromatic heterocycles. The van der Waals surface area contributed by atoms with Gasteiger partial charge in [0.1, 0.15) is 0 Å². The standard InChI is InChI=1S/C12H25NO/c1-11(2,3)10-4-6-12(8-13,9-14)7-5-10/h10,14H,4-9,13H2,1-3H3. The van der Waals surface area contributed by atoms with Crippen LogP contribution >= 0.6 is 0 Å². The zero-order valence-corrected chi connectivity index (χ0v) is 9.84. The Balaban J connectivity index is 2.53. The van der Waals surface area contributed by atoms with E-state index >= 15 is 0 Å². The lowest BCUT2D eigenvalue weighted by atomic mass is 9.64. The maximum Gasteiger partial charge on any atom is 0.0499 e. The molecule has 0 spiro atoms. The first kappa shape index (κ1) is 12.0. The summed E-state index contributed by atoms with van der Waals surface area (Å²) in [6.45, 7) is 7.84. The Morgan fingerprint density at radius 2 is 1.79 bits per heavy atom. The third-order valence-corrected chi connectivity index (χ3v) is 4.04. The fraction of sp³-hybridized carbons (Fsp3) is 1.00. The monoisotopic (exact) mass is 199 g/mol. The summed E-state index contributed by atoms with van der Waals surface area (Å²) in [6, 6.07) is 0. The maximum atomic E-state index is 9.35. The molecule has 1 fully saturated rings. The van der Waals surface area contributed by atoms with Crippen LogP contribution in [0.25, 0.3) is 0 Å². The van der Waals surface area contributed by atoms with Crippen LogP contribution in [0.4, 0.5) is 0 Å². The van der Waals surface area contributed by atoms with E-state index < -0.39 is 0 Å². The van der Waals surface area contributed by atoms with Gasteiger partial charge >= 0.3 is 0 Å². The summed E-state index contributed by atoms with van der Waals surface area (Å²) in [7, 11) is 0. The molecular weight excluding hydrogens is 174 g/mol. The van der Waals surface area contributed by atoms with Crippen molar-refractivity contribution in [3.63, 3.8) is 0 Å². The molecule has 0 saturated heterocycles. The van der Waals surface area contributed by atoms with Crippen LogP contribution in [-0.2, 0) is 0 Å². The van der Waals surface area contributed by atoms with E-state index in [2.05, 4.69) is 20.8 Å². The van der Waals surface area contributed by atoms with Crippen molar-refractivity contribution in [1.29, 1.82) is 0 Å². The summed E-state index contributed by atoms with van der Waals surface area (Å²) in [6.07, 6.45) is 4.65. The van der Waals surface area contributed by atoms with Crippen LogP contribution < -0.4 is 5.73 Å². The van der Waals surface area contributed by atoms with Gasteiger partial charge in [-0.15, -0.1) is 0 Å². The van der Waals surface area contributed by atoms with E-state index in [4.69, 9.17) is 5.73 Å². The van der Waals surface area contributed by atoms with Crippen LogP contribution in [0.2, 0.25) is 0 Å². The van der Waals surface area contributed by atoms with Crippen molar-refractivity contribution in [2.45, 2.75) is 46.5 Å². The van der Waals surface area contributed by atoms with Crippen LogP contribution in [0.3, 0.4) is 0 Å². The van der Waals surface area contributed by atoms with Gasteiger partial charge in [-0.25, -0.2) is 0 Å². The molecular formula is C12H25NO. The van der Waals surface area contributed by atoms with E-state index in [0.717, 1.165) is 18.8 Å². The van der Waals surface area contributed by atoms with Gasteiger partial charge in [0.05, 0.1) is 0 Å². The summed E-state index contributed by atoms with van der Waals surface area (Å²) in [5.74, 6) is 0.800. The predicted octanol–water partition coefficient (Wildman–Crippen LogP) is 2.16. The Bertz CT molecular complexity index is 169. The molecule has 0 aliphatic heterocycles. The molecule has 0 unspecified atom stereocenters. The summed E-state index contributed by atoms with van der Waals surface area (Å²) in [4.78, 5) is 0. The fourth-order valence-corrected chi connectivity index (χ4v) is 2.52. The fourth-order valence-electron chi connectivity index (χ4n) is 2.52. The third-order valence-electron chi connectivity index (χ3n) is 4.04. The van der Waals surface area contributed by atoms with Crippen molar-refractivity contribution < 1.29 is 5.11 Å². The number of hydrogen-bond donors (Lipinski definition) is 2. The second-order valence-electron chi connectivity index (χ2n) is 6.00. The second kappa shape index (κ2) is 4.19. The highest BCUT2D eigenvalue weighted by molar-refractivity contribution is 4.89. The molecule has 2 heteroatoms. The Labute approximate surface area is 87.9 Å². The van der Waals surface area contributed by atoms with E-state index in [1.165, 1.54) is 12.8 Å². The number of nitrogens with two attached hydrogens (primary N) is 1. The van der Waals surface area contributed by atoms with E-state index in [1.807, 2.05) is 0 Å². The molecule has 0 radical (unpaired) electrons. The van der Waals surface area contributed by atoms with Crippen LogP contribution in [0.15, 0.2) is 0 Å². The first-order valence-electron chi connectivity index (χ1n) is 5.74. The average Bonchev–Trinajstić information content (AvgIpc) is 2.16. The maximum absolute atomic E-state index is 9.35. The van der Waals surface area contributed by atoms with Gasteiger partial charge in [-0.1, -0.05) is 20.8 Å². The molecule has 14 heavy (non-hydrogen) atoms. The van der Waals surface area contributed by atoms with Crippen molar-refractivity contribution in [2.24, 2.45) is 22.5 Å². The van der Waals surface area contributed by atoms with Gasteiger partial charge in [-0.2, -0.15) is 0 Å². The van der Waals surface area contributed by atoms with Crippen molar-refractivity contribution >= 4 is 0 Å². The van der Waals surface area contributed by atoms with Gasteiger partial charge in [0, 0.05) is 18.6 Å². The zero-order chi connectivity index (χ0) is 10.8. The number of hydrogen-bond acceptors (Lipinski definition) is 2. The summed E-state index contributed by atoms with van der Waals surface area (Å²) in [5, 5.41) is 9.35. The lowest BCUT2D eigenvalue weighted by Gasteiger charge is -2.42. The van der Waals surface area contributed by atoms with Crippen molar-refractivity contribution in [2.75, 3.05) is 13.2 Å². The highest BCUT2D eigenvalue weighted by atomic mass is 16.3. The van der Waals surface area contributed by atoms with Gasteiger partial charge in [0.15, 0.2) is 0 Å². The lowest BCUT2D eigenvalue weighted by molar-refractivity contribution is 0.0431. The van der Waals surface area contributed by atoms with Crippen LogP contribution in [0.1, 0.15) is 46.5 Å². The third kappa shape index (κ3) is 2.48. The van der Waals surface area contributed by atoms with Crippen molar-refractivity contribution in [1.82, 2.24) is 0 Å². The molecule has 0 aromatic rings. The molecule has 0 bridgehead atoms. The molecule has 1 aliphatic carbocycles. The summed E-state index contributed by atoms with van der Waals surface area (Å²) in [5.41, 5.74) is 6.20. The first-order chi connectivity index (χ1) is 6.43. The van der Waals surface area contributed by atoms with Gasteiger partial charge in [0.25, 0.3) is 0 Å². The molecule has 0 amide bonds. The minimum absolute atomic E-state index is 0.0434. The van der Waals surface area contributed by atoms with Crippen LogP contribution in [-0.4, -0.2) is 18.3 Å². The van der Waals surface area contributed by atoms with Crippen molar-refractivity contribution in [3.05, 3.63) is 0 Å². The molecule has 0 aromatic carbocycles. The van der Waals surface area contributed by atoms with Gasteiger partial charge in [-0.3, -0.25) is 0 Å². The van der Waals surface area contributed by atoms with Gasteiger partial charge < -0.3 is 10.8 Å². The quantitative estimate of drug-likeness (QED) is 0.716. The molecule has 3 N–H and O–H groups in total. The molecule has 84 valence electrons. The smallest absolute Gasteiger partial charge is 0.0499 e. The lowest BCUT2D eigenvalue weighted by Crippen LogP contribution is -2.40. The normalized spacial score (nSPS) is 34.5. The molecule has 1 saturated carbocycles. The highest BCUT2D eigenvalue weighted by Gasteiger charge is 2.37. The van der Waals surface area contributed by atoms with Gasteiger partial charge in [-0.05, 0) is 37.0 Å². The predicted molar refractivity (Wildman–Crippen MR) is 60.0 cm³/mol. The number of aliphatic hydroxyl groups is 1. The Hall–Kier alpha value is -0.0800. The molecule has 1 aliphatic rings. The Morgan fingerprint density at radius 3 is 2.07 bits per heavy atom. The topological polar surface area (TPSA) is 46.2 Å². The number of rotatable bonds is 2. The van der Waals surface area contributed by atoms with E-state index in [-0.39, 0.29) is 12.0 Å². The molecule has 0 atom stereocenters. The Morgan fingerprint density at radius 1 is 1.29 bits per heavy atom. The Kier molecular flexibility index (Phi) is 3.59. The molecule has 2 nitrogen and oxygen atoms in total. The molecule has 1 rings (SSSR count). The summed E-state index contributed by atoms with van der Waals surface area (Å²) >= 11 is 0. The minimum atomic E-state index is 0.0434. The largest absolute Gasteiger partial charge is 0.396 e. The van der Waals surface area contributed by atoms with Crippen LogP contribution in [0, 0.1) is 16.7 Å². The average molecular weight is 199 g/mol. The second-order valence-corrected chi connectivity index (χ2v) is 6.00. The summed E-state index contributed by atoms with van der Waals surface area (Å²) < 4.78 is 0. The first-order valence-corrected chi connectivity index (χ1v) is 5.74. The highest BCUT2D eigenvalue weighted by Crippen LogP contribution is 2.44. The zero-order valence-electron chi connectivity index (χ0n) is 9.84. The SMILES string of the molecule is CC(C)(C)C1CCC(CN)(CO)CC1. The van der Waals surface area contributed by atoms with E-state index in [1.54, 1.807) is 0 Å².